The molecule has 3 N–H and O–H groups in total. The van der Waals surface area contributed by atoms with Crippen LogP contribution in [0.5, 0.6) is 0 Å². The third kappa shape index (κ3) is 4.41. The summed E-state index contributed by atoms with van der Waals surface area (Å²) in [6.07, 6.45) is -2.07. The molecule has 126 valence electrons. The lowest BCUT2D eigenvalue weighted by atomic mass is 9.91. The molecule has 0 atom stereocenters. The third-order valence-electron chi connectivity index (χ3n) is 3.83. The number of nitro benzene ring substituents is 1. The molecule has 1 aromatic rings. The van der Waals surface area contributed by atoms with Crippen LogP contribution in [0.25, 0.3) is 0 Å². The first kappa shape index (κ1) is 17.2. The van der Waals surface area contributed by atoms with Crippen LogP contribution in [0.15, 0.2) is 18.2 Å². The van der Waals surface area contributed by atoms with E-state index in [2.05, 4.69) is 5.32 Å². The fourth-order valence-corrected chi connectivity index (χ4v) is 2.54. The zero-order chi connectivity index (χ0) is 17.2. The molecular formula is C14H16F3N3O3. The van der Waals surface area contributed by atoms with Crippen molar-refractivity contribution >= 4 is 11.6 Å². The van der Waals surface area contributed by atoms with Crippen molar-refractivity contribution in [3.63, 3.8) is 0 Å². The number of nitro groups is 1. The Bertz CT molecular complexity index is 611. The number of carbonyl (C=O) groups is 1. The van der Waals surface area contributed by atoms with Gasteiger partial charge in [0.25, 0.3) is 11.6 Å². The Labute approximate surface area is 130 Å². The number of nitrogens with zero attached hydrogens (tertiary/aromatic N) is 1. The number of hydrogen-bond acceptors (Lipinski definition) is 4. The van der Waals surface area contributed by atoms with Crippen LogP contribution in [-0.4, -0.2) is 22.9 Å². The molecule has 1 aromatic carbocycles. The molecule has 0 aliphatic heterocycles. The van der Waals surface area contributed by atoms with E-state index in [0.29, 0.717) is 37.8 Å². The molecule has 1 aliphatic rings. The van der Waals surface area contributed by atoms with Crippen molar-refractivity contribution < 1.29 is 22.9 Å². The fraction of sp³-hybridized carbons (Fsp3) is 0.500. The number of non-ortho nitro benzene ring substituents is 1. The number of rotatable bonds is 3. The van der Waals surface area contributed by atoms with Crippen molar-refractivity contribution in [2.45, 2.75) is 43.9 Å². The van der Waals surface area contributed by atoms with Gasteiger partial charge in [-0.15, -0.1) is 0 Å². The quantitative estimate of drug-likeness (QED) is 0.657. The van der Waals surface area contributed by atoms with Crippen LogP contribution in [-0.2, 0) is 6.18 Å². The predicted molar refractivity (Wildman–Crippen MR) is 75.8 cm³/mol. The molecule has 0 saturated heterocycles. The van der Waals surface area contributed by atoms with E-state index in [1.807, 2.05) is 0 Å². The molecule has 0 radical (unpaired) electrons. The van der Waals surface area contributed by atoms with Crippen LogP contribution >= 0.6 is 0 Å². The van der Waals surface area contributed by atoms with Crippen LogP contribution in [0.4, 0.5) is 18.9 Å². The second-order valence-electron chi connectivity index (χ2n) is 5.61. The third-order valence-corrected chi connectivity index (χ3v) is 3.83. The van der Waals surface area contributed by atoms with E-state index in [-0.39, 0.29) is 17.6 Å². The Morgan fingerprint density at radius 2 is 1.83 bits per heavy atom. The van der Waals surface area contributed by atoms with Crippen molar-refractivity contribution in [3.05, 3.63) is 39.4 Å². The Balaban J connectivity index is 2.22. The maximum Gasteiger partial charge on any atom is 0.416 e. The fourth-order valence-electron chi connectivity index (χ4n) is 2.54. The van der Waals surface area contributed by atoms with E-state index >= 15 is 0 Å². The summed E-state index contributed by atoms with van der Waals surface area (Å²) in [4.78, 5) is 21.9. The van der Waals surface area contributed by atoms with Gasteiger partial charge in [-0.2, -0.15) is 13.2 Å². The van der Waals surface area contributed by atoms with E-state index in [1.54, 1.807) is 0 Å². The van der Waals surface area contributed by atoms with Crippen LogP contribution < -0.4 is 11.1 Å². The minimum atomic E-state index is -4.77. The maximum absolute atomic E-state index is 12.8. The first-order valence-electron chi connectivity index (χ1n) is 7.10. The Kier molecular flexibility index (Phi) is 4.88. The van der Waals surface area contributed by atoms with Crippen molar-refractivity contribution in [2.75, 3.05) is 0 Å². The molecule has 1 aliphatic carbocycles. The molecule has 2 rings (SSSR count). The molecular weight excluding hydrogens is 315 g/mol. The van der Waals surface area contributed by atoms with Gasteiger partial charge in [0, 0.05) is 29.8 Å². The van der Waals surface area contributed by atoms with Gasteiger partial charge in [-0.25, -0.2) is 0 Å². The molecule has 9 heteroatoms. The predicted octanol–water partition coefficient (Wildman–Crippen LogP) is 2.61. The van der Waals surface area contributed by atoms with Gasteiger partial charge in [0.05, 0.1) is 10.5 Å². The largest absolute Gasteiger partial charge is 0.416 e. The highest BCUT2D eigenvalue weighted by molar-refractivity contribution is 5.95. The Morgan fingerprint density at radius 1 is 1.22 bits per heavy atom. The van der Waals surface area contributed by atoms with E-state index in [0.717, 1.165) is 6.07 Å². The highest BCUT2D eigenvalue weighted by Gasteiger charge is 2.33. The number of amides is 1. The monoisotopic (exact) mass is 331 g/mol. The molecule has 1 amide bonds. The van der Waals surface area contributed by atoms with Crippen molar-refractivity contribution in [1.82, 2.24) is 5.32 Å². The molecule has 1 saturated carbocycles. The molecule has 0 spiro atoms. The van der Waals surface area contributed by atoms with Crippen molar-refractivity contribution in [3.8, 4) is 0 Å². The molecule has 0 heterocycles. The smallest absolute Gasteiger partial charge is 0.349 e. The summed E-state index contributed by atoms with van der Waals surface area (Å²) in [6, 6.07) is 1.76. The molecule has 0 bridgehead atoms. The number of nitrogens with two attached hydrogens (primary N) is 1. The summed E-state index contributed by atoms with van der Waals surface area (Å²) in [5, 5.41) is 13.4. The lowest BCUT2D eigenvalue weighted by molar-refractivity contribution is -0.385. The van der Waals surface area contributed by atoms with Gasteiger partial charge in [-0.3, -0.25) is 14.9 Å². The standard InChI is InChI=1S/C14H16F3N3O3/c15-14(16,17)9-5-8(6-12(7-9)20(22)23)13(21)19-11-3-1-10(18)2-4-11/h5-7,10-11H,1-4,18H2,(H,19,21)/t10-,11-. The molecule has 1 fully saturated rings. The van der Waals surface area contributed by atoms with E-state index in [4.69, 9.17) is 5.73 Å². The number of carbonyl (C=O) groups excluding carboxylic acids is 1. The average Bonchev–Trinajstić information content (AvgIpc) is 2.48. The van der Waals surface area contributed by atoms with Crippen LogP contribution in [0, 0.1) is 10.1 Å². The van der Waals surface area contributed by atoms with Gasteiger partial charge in [0.1, 0.15) is 0 Å². The summed E-state index contributed by atoms with van der Waals surface area (Å²) in [7, 11) is 0. The summed E-state index contributed by atoms with van der Waals surface area (Å²) in [5.74, 6) is -0.750. The van der Waals surface area contributed by atoms with E-state index in [1.165, 1.54) is 0 Å². The summed E-state index contributed by atoms with van der Waals surface area (Å²) in [6.45, 7) is 0. The number of nitrogens with one attached hydrogen (secondary N) is 1. The first-order valence-corrected chi connectivity index (χ1v) is 7.10. The molecule has 0 unspecified atom stereocenters. The Hall–Kier alpha value is -2.16. The molecule has 0 aromatic heterocycles. The first-order chi connectivity index (χ1) is 10.7. The number of hydrogen-bond donors (Lipinski definition) is 2. The second-order valence-corrected chi connectivity index (χ2v) is 5.61. The summed E-state index contributed by atoms with van der Waals surface area (Å²) < 4.78 is 38.4. The number of alkyl halides is 3. The maximum atomic E-state index is 12.8. The summed E-state index contributed by atoms with van der Waals surface area (Å²) >= 11 is 0. The lowest BCUT2D eigenvalue weighted by Gasteiger charge is -2.26. The lowest BCUT2D eigenvalue weighted by Crippen LogP contribution is -2.40. The highest BCUT2D eigenvalue weighted by atomic mass is 19.4. The zero-order valence-electron chi connectivity index (χ0n) is 12.1. The zero-order valence-corrected chi connectivity index (χ0v) is 12.1. The Morgan fingerprint density at radius 3 is 2.35 bits per heavy atom. The summed E-state index contributed by atoms with van der Waals surface area (Å²) in [5.41, 5.74) is 3.39. The SMILES string of the molecule is N[C@H]1CC[C@H](NC(=O)c2cc([N+](=O)[O-])cc(C(F)(F)F)c2)CC1. The number of benzene rings is 1. The number of halogens is 3. The van der Waals surface area contributed by atoms with Crippen LogP contribution in [0.1, 0.15) is 41.6 Å². The van der Waals surface area contributed by atoms with E-state index in [9.17, 15) is 28.1 Å². The van der Waals surface area contributed by atoms with Gasteiger partial charge in [-0.1, -0.05) is 0 Å². The van der Waals surface area contributed by atoms with Gasteiger partial charge >= 0.3 is 6.18 Å². The average molecular weight is 331 g/mol. The highest BCUT2D eigenvalue weighted by Crippen LogP contribution is 2.32. The van der Waals surface area contributed by atoms with Crippen molar-refractivity contribution in [2.24, 2.45) is 5.73 Å². The van der Waals surface area contributed by atoms with Gasteiger partial charge in [-0.05, 0) is 31.7 Å². The normalized spacial score (nSPS) is 21.7. The minimum absolute atomic E-state index is 0.0674. The van der Waals surface area contributed by atoms with Crippen LogP contribution in [0.2, 0.25) is 0 Å². The van der Waals surface area contributed by atoms with Gasteiger partial charge in [0.15, 0.2) is 0 Å². The van der Waals surface area contributed by atoms with E-state index < -0.39 is 28.3 Å². The van der Waals surface area contributed by atoms with Gasteiger partial charge in [0.2, 0.25) is 0 Å². The van der Waals surface area contributed by atoms with Gasteiger partial charge < -0.3 is 11.1 Å². The molecule has 23 heavy (non-hydrogen) atoms. The minimum Gasteiger partial charge on any atom is -0.349 e. The second kappa shape index (κ2) is 6.53. The van der Waals surface area contributed by atoms with Crippen molar-refractivity contribution in [1.29, 1.82) is 0 Å². The topological polar surface area (TPSA) is 98.3 Å². The molecule has 6 nitrogen and oxygen atoms in total. The van der Waals surface area contributed by atoms with Crippen LogP contribution in [0.3, 0.4) is 0 Å².